The molecule has 0 unspecified atom stereocenters. The Morgan fingerprint density at radius 3 is 2.02 bits per heavy atom. The minimum atomic E-state index is -2.35. The molecule has 82 heavy (non-hydrogen) atoms. The summed E-state index contributed by atoms with van der Waals surface area (Å²) in [7, 11) is 0.604. The zero-order chi connectivity index (χ0) is 61.9. The number of esters is 2. The summed E-state index contributed by atoms with van der Waals surface area (Å²) in [6.07, 6.45) is 16.8. The van der Waals surface area contributed by atoms with Gasteiger partial charge in [0, 0.05) is 52.6 Å². The largest absolute Gasteiger partial charge is 0.462 e. The maximum atomic E-state index is 14.8. The molecule has 1 aliphatic carbocycles. The zero-order valence-corrected chi connectivity index (χ0v) is 57.1. The summed E-state index contributed by atoms with van der Waals surface area (Å²) in [5.41, 5.74) is 1.05. The Bertz CT molecular complexity index is 2150. The number of hydrogen-bond acceptors (Lipinski definition) is 13. The third kappa shape index (κ3) is 22.2. The number of likely N-dealkylation sites (tertiary alicyclic amines) is 1. The third-order valence-electron chi connectivity index (χ3n) is 18.5. The molecule has 3 aliphatic rings. The molecule has 0 aromatic heterocycles. The van der Waals surface area contributed by atoms with Crippen molar-refractivity contribution in [3.05, 3.63) is 47.6 Å². The first-order valence-corrected chi connectivity index (χ1v) is 36.8. The quantitative estimate of drug-likeness (QED) is 0.0212. The van der Waals surface area contributed by atoms with Gasteiger partial charge in [0.15, 0.2) is 22.4 Å². The van der Waals surface area contributed by atoms with Crippen molar-refractivity contribution in [2.75, 3.05) is 27.9 Å². The Morgan fingerprint density at radius 2 is 1.45 bits per heavy atom. The number of piperidine rings is 1. The molecule has 16 heteroatoms. The van der Waals surface area contributed by atoms with Crippen LogP contribution < -0.4 is 0 Å². The van der Waals surface area contributed by atoms with Crippen LogP contribution in [0.25, 0.3) is 0 Å². The number of Topliss-reactive ketones (excluding diaryl/α,β-unsaturated/α-hetero) is 2. The Balaban J connectivity index is 1.89. The first-order valence-electron chi connectivity index (χ1n) is 31.4. The van der Waals surface area contributed by atoms with Crippen molar-refractivity contribution in [3.63, 3.8) is 0 Å². The van der Waals surface area contributed by atoms with Crippen LogP contribution in [0.1, 0.15) is 188 Å². The Labute approximate surface area is 499 Å². The van der Waals surface area contributed by atoms with E-state index in [1.807, 2.05) is 85.8 Å². The van der Waals surface area contributed by atoms with Gasteiger partial charge in [0.05, 0.1) is 30.3 Å². The van der Waals surface area contributed by atoms with Gasteiger partial charge in [-0.15, -0.1) is 0 Å². The van der Waals surface area contributed by atoms with E-state index in [1.54, 1.807) is 21.3 Å². The average molecular weight is 1190 g/mol. The number of allylic oxidation sites excluding steroid dienone is 6. The molecule has 470 valence electrons. The fourth-order valence-electron chi connectivity index (χ4n) is 11.8. The monoisotopic (exact) mass is 1190 g/mol. The number of amides is 1. The number of ether oxygens (including phenoxy) is 6. The highest BCUT2D eigenvalue weighted by molar-refractivity contribution is 6.74. The van der Waals surface area contributed by atoms with Gasteiger partial charge in [0.2, 0.25) is 0 Å². The van der Waals surface area contributed by atoms with Gasteiger partial charge in [-0.1, -0.05) is 113 Å². The second kappa shape index (κ2) is 33.6. The number of nitrogens with zero attached hydrogens (tertiary/aromatic N) is 1. The van der Waals surface area contributed by atoms with Crippen LogP contribution in [0, 0.1) is 35.5 Å². The molecule has 2 saturated heterocycles. The average Bonchev–Trinajstić information content (AvgIpc) is 3.42. The lowest BCUT2D eigenvalue weighted by Gasteiger charge is -2.44. The number of hydrogen-bond donors (Lipinski definition) is 0. The van der Waals surface area contributed by atoms with Crippen LogP contribution >= 0.6 is 0 Å². The van der Waals surface area contributed by atoms with Crippen LogP contribution in [-0.4, -0.2) is 133 Å². The van der Waals surface area contributed by atoms with Crippen molar-refractivity contribution in [2.45, 2.75) is 278 Å². The molecule has 0 radical (unpaired) electrons. The number of carbonyl (C=O) groups is 5. The minimum absolute atomic E-state index is 0.00138. The third-order valence-corrected chi connectivity index (χ3v) is 27.6. The summed E-state index contributed by atoms with van der Waals surface area (Å²) in [6.45, 7) is 37.5. The van der Waals surface area contributed by atoms with E-state index in [1.165, 1.54) is 4.90 Å². The van der Waals surface area contributed by atoms with Crippen molar-refractivity contribution in [1.82, 2.24) is 4.90 Å². The Hall–Kier alpha value is -3.26. The topological polar surface area (TPSA) is 162 Å². The lowest BCUT2D eigenvalue weighted by atomic mass is 9.78. The van der Waals surface area contributed by atoms with Crippen LogP contribution in [0.15, 0.2) is 47.6 Å². The molecule has 1 saturated carbocycles. The highest BCUT2D eigenvalue weighted by Crippen LogP contribution is 2.42. The van der Waals surface area contributed by atoms with Gasteiger partial charge >= 0.3 is 18.0 Å². The molecule has 2 aliphatic heterocycles. The molecule has 1 amide bonds. The molecule has 2 heterocycles. The molecule has 0 aromatic rings. The van der Waals surface area contributed by atoms with Gasteiger partial charge in [-0.05, 0) is 164 Å². The zero-order valence-electron chi connectivity index (χ0n) is 55.1. The predicted octanol–water partition coefficient (Wildman–Crippen LogP) is 14.9. The SMILES string of the molecule is CC[Si](CC)(CC)O[C@H](/C(C)=C/[C@@H](C)C(=O)C[C@H](OC(=O)[C@@H]1CCCCN1C(=O)OC(C)(C)C)[C@H](C)C[C@@H]1CC[C@@H](O[Si](C)(C)C(C)(C)C)[C@H](OC)C1)[C@@H](OC)C(=O)[C@H](C)C[C@H](C)/C=C/C=C/C=C(\C)[C@H](C[C@@H]1CC[C@@H](C)C(=O)O1)OC. The Kier molecular flexibility index (Phi) is 29.9. The second-order valence-corrected chi connectivity index (χ2v) is 36.7. The lowest BCUT2D eigenvalue weighted by molar-refractivity contribution is -0.162. The number of ketones is 2. The van der Waals surface area contributed by atoms with Gasteiger partial charge in [0.25, 0.3) is 0 Å². The van der Waals surface area contributed by atoms with E-state index in [2.05, 4.69) is 74.6 Å². The van der Waals surface area contributed by atoms with E-state index in [0.29, 0.717) is 32.2 Å². The molecular formula is C66H115NO13Si2. The van der Waals surface area contributed by atoms with Gasteiger partial charge in [-0.25, -0.2) is 9.59 Å². The molecule has 0 aromatic carbocycles. The first kappa shape index (κ1) is 73.0. The number of methoxy groups -OCH3 is 3. The number of rotatable bonds is 31. The first-order chi connectivity index (χ1) is 38.3. The van der Waals surface area contributed by atoms with E-state index in [4.69, 9.17) is 37.3 Å². The lowest BCUT2D eigenvalue weighted by Crippen LogP contribution is -2.51. The highest BCUT2D eigenvalue weighted by Gasteiger charge is 2.45. The number of cyclic esters (lactones) is 1. The summed E-state index contributed by atoms with van der Waals surface area (Å²) < 4.78 is 50.1. The highest BCUT2D eigenvalue weighted by atomic mass is 28.4. The minimum Gasteiger partial charge on any atom is -0.462 e. The maximum Gasteiger partial charge on any atom is 0.411 e. The normalized spacial score (nSPS) is 25.0. The smallest absolute Gasteiger partial charge is 0.411 e. The number of carbonyl (C=O) groups excluding carboxylic acids is 5. The Morgan fingerprint density at radius 1 is 0.793 bits per heavy atom. The van der Waals surface area contributed by atoms with E-state index in [9.17, 15) is 24.0 Å². The van der Waals surface area contributed by atoms with Crippen LogP contribution in [0.2, 0.25) is 36.3 Å². The molecule has 3 fully saturated rings. The fraction of sp³-hybridized carbons (Fsp3) is 0.803. The van der Waals surface area contributed by atoms with Gasteiger partial charge in [-0.2, -0.15) is 0 Å². The summed E-state index contributed by atoms with van der Waals surface area (Å²) in [4.78, 5) is 71.1. The molecule has 0 spiro atoms. The van der Waals surface area contributed by atoms with Gasteiger partial charge < -0.3 is 37.3 Å². The van der Waals surface area contributed by atoms with Gasteiger partial charge in [-0.3, -0.25) is 19.3 Å². The van der Waals surface area contributed by atoms with E-state index in [-0.39, 0.29) is 83.0 Å². The summed E-state index contributed by atoms with van der Waals surface area (Å²) in [5, 5.41) is 0.0618. The van der Waals surface area contributed by atoms with Crippen LogP contribution in [-0.2, 0) is 56.5 Å². The predicted molar refractivity (Wildman–Crippen MR) is 334 cm³/mol. The molecular weight excluding hydrogens is 1070 g/mol. The molecule has 0 N–H and O–H groups in total. The van der Waals surface area contributed by atoms with Crippen molar-refractivity contribution < 1.29 is 61.2 Å². The molecule has 0 bridgehead atoms. The molecule has 14 nitrogen and oxygen atoms in total. The fourth-order valence-corrected chi connectivity index (χ4v) is 16.0. The van der Waals surface area contributed by atoms with E-state index < -0.39 is 64.6 Å². The van der Waals surface area contributed by atoms with Crippen molar-refractivity contribution in [3.8, 4) is 0 Å². The molecule has 14 atom stereocenters. The summed E-state index contributed by atoms with van der Waals surface area (Å²) in [6, 6.07) is 1.75. The standard InChI is InChI=1S/C66H115NO13Si2/c1-22-82(23-2,24-3)80-60(61(75-19)59(69)49(9)38-44(4)30-26-25-27-31-45(5)56(73-17)42-52-35-33-46(6)62(70)76-52)50(10)39-47(7)54(68)43-57(77-63(71)53-32-28-29-37-67(53)64(72)78-65(11,12)13)48(8)40-51-34-36-55(58(41-51)74-18)79-81(20,21)66(14,15)16/h25-27,30-31,39,44,46-49,51-53,55-58,60-61H,22-24,28-29,32-38,40-43H2,1-21H3/b27-25+,30-26+,45-31+,50-39+/t44-,46-,47-,48-,49-,51+,52+,53+,55-,56+,57+,58-,60-,61+/m1/s1. The summed E-state index contributed by atoms with van der Waals surface area (Å²) >= 11 is 0. The van der Waals surface area contributed by atoms with Crippen molar-refractivity contribution >= 4 is 46.2 Å². The van der Waals surface area contributed by atoms with Gasteiger partial charge in [0.1, 0.15) is 35.7 Å². The van der Waals surface area contributed by atoms with E-state index >= 15 is 0 Å². The van der Waals surface area contributed by atoms with Crippen molar-refractivity contribution in [1.29, 1.82) is 0 Å². The van der Waals surface area contributed by atoms with Crippen LogP contribution in [0.5, 0.6) is 0 Å². The molecule has 3 rings (SSSR count). The van der Waals surface area contributed by atoms with Crippen molar-refractivity contribution in [2.24, 2.45) is 35.5 Å². The second-order valence-electron chi connectivity index (χ2n) is 27.2. The van der Waals surface area contributed by atoms with Crippen LogP contribution in [0.3, 0.4) is 0 Å². The van der Waals surface area contributed by atoms with Crippen LogP contribution in [0.4, 0.5) is 4.79 Å². The maximum absolute atomic E-state index is 14.8. The van der Waals surface area contributed by atoms with E-state index in [0.717, 1.165) is 74.2 Å². The summed E-state index contributed by atoms with van der Waals surface area (Å²) in [5.74, 6) is -1.71.